The van der Waals surface area contributed by atoms with Crippen LogP contribution in [0.1, 0.15) is 0 Å². The lowest BCUT2D eigenvalue weighted by Gasteiger charge is -2.16. The molecule has 8 heteroatoms. The minimum atomic E-state index is -0.175. The summed E-state index contributed by atoms with van der Waals surface area (Å²) in [6, 6.07) is 13.1. The van der Waals surface area contributed by atoms with Gasteiger partial charge in [-0.1, -0.05) is 12.1 Å². The van der Waals surface area contributed by atoms with E-state index in [0.717, 1.165) is 29.1 Å². The highest BCUT2D eigenvalue weighted by Gasteiger charge is 2.11. The number of carbonyl (C=O) groups excluding carboxylic acids is 1. The summed E-state index contributed by atoms with van der Waals surface area (Å²) in [6.07, 6.45) is 3.56. The van der Waals surface area contributed by atoms with Gasteiger partial charge in [-0.25, -0.2) is 0 Å². The topological polar surface area (TPSA) is 91.5 Å². The van der Waals surface area contributed by atoms with Crippen molar-refractivity contribution >= 4 is 17.3 Å². The maximum absolute atomic E-state index is 12.5. The van der Waals surface area contributed by atoms with Crippen LogP contribution in [-0.2, 0) is 4.79 Å². The third-order valence-corrected chi connectivity index (χ3v) is 4.41. The van der Waals surface area contributed by atoms with Gasteiger partial charge in [-0.2, -0.15) is 5.10 Å². The minimum absolute atomic E-state index is 0.119. The second kappa shape index (κ2) is 10.3. The Morgan fingerprint density at radius 3 is 2.77 bits per heavy atom. The predicted molar refractivity (Wildman–Crippen MR) is 118 cm³/mol. The number of hydrogen-bond acceptors (Lipinski definition) is 6. The van der Waals surface area contributed by atoms with Crippen LogP contribution in [0.5, 0.6) is 11.5 Å². The Morgan fingerprint density at radius 2 is 2.03 bits per heavy atom. The van der Waals surface area contributed by atoms with Crippen LogP contribution in [0.3, 0.4) is 0 Å². The standard InChI is InChI=1S/C22H27N5O3/c1-27(2)9-10-30-21-11-16(17-13-24-25-14-17)7-8-20(21)26-22(28)15-23-18-5-4-6-19(12-18)29-3/h4-8,11-14,23H,9-10,15H2,1-3H3,(H,24,25)(H,26,28). The van der Waals surface area contributed by atoms with E-state index in [-0.39, 0.29) is 12.5 Å². The van der Waals surface area contributed by atoms with Crippen molar-refractivity contribution in [2.24, 2.45) is 0 Å². The van der Waals surface area contributed by atoms with Crippen LogP contribution in [-0.4, -0.2) is 61.9 Å². The van der Waals surface area contributed by atoms with Crippen LogP contribution in [0, 0.1) is 0 Å². The van der Waals surface area contributed by atoms with Crippen molar-refractivity contribution < 1.29 is 14.3 Å². The summed E-state index contributed by atoms with van der Waals surface area (Å²) in [5.74, 6) is 1.17. The fourth-order valence-electron chi connectivity index (χ4n) is 2.78. The van der Waals surface area contributed by atoms with Crippen LogP contribution in [0.2, 0.25) is 0 Å². The zero-order valence-electron chi connectivity index (χ0n) is 17.4. The van der Waals surface area contributed by atoms with Crippen molar-refractivity contribution in [3.63, 3.8) is 0 Å². The second-order valence-electron chi connectivity index (χ2n) is 6.98. The molecule has 0 fully saturated rings. The molecular formula is C22H27N5O3. The van der Waals surface area contributed by atoms with E-state index in [9.17, 15) is 4.79 Å². The highest BCUT2D eigenvalue weighted by atomic mass is 16.5. The number of rotatable bonds is 10. The Morgan fingerprint density at radius 1 is 1.17 bits per heavy atom. The molecule has 158 valence electrons. The molecule has 0 atom stereocenters. The molecule has 3 N–H and O–H groups in total. The summed E-state index contributed by atoms with van der Waals surface area (Å²) < 4.78 is 11.2. The zero-order valence-corrected chi connectivity index (χ0v) is 17.4. The first-order valence-corrected chi connectivity index (χ1v) is 9.63. The number of amides is 1. The van der Waals surface area contributed by atoms with E-state index in [4.69, 9.17) is 9.47 Å². The van der Waals surface area contributed by atoms with Gasteiger partial charge < -0.3 is 25.0 Å². The molecule has 1 aromatic heterocycles. The molecule has 0 aliphatic rings. The predicted octanol–water partition coefficient (Wildman–Crippen LogP) is 3.08. The lowest BCUT2D eigenvalue weighted by atomic mass is 10.1. The minimum Gasteiger partial charge on any atom is -0.497 e. The maximum atomic E-state index is 12.5. The molecule has 30 heavy (non-hydrogen) atoms. The first-order chi connectivity index (χ1) is 14.5. The lowest BCUT2D eigenvalue weighted by Crippen LogP contribution is -2.23. The summed E-state index contributed by atoms with van der Waals surface area (Å²) in [4.78, 5) is 14.5. The number of carbonyl (C=O) groups is 1. The molecule has 3 aromatic rings. The molecule has 0 bridgehead atoms. The summed E-state index contributed by atoms with van der Waals surface area (Å²) in [6.45, 7) is 1.39. The Hall–Kier alpha value is -3.52. The first kappa shape index (κ1) is 21.2. The maximum Gasteiger partial charge on any atom is 0.243 e. The Balaban J connectivity index is 1.68. The number of H-pyrrole nitrogens is 1. The summed E-state index contributed by atoms with van der Waals surface area (Å²) in [7, 11) is 5.58. The van der Waals surface area contributed by atoms with Gasteiger partial charge in [0.1, 0.15) is 18.1 Å². The molecule has 1 amide bonds. The first-order valence-electron chi connectivity index (χ1n) is 9.63. The highest BCUT2D eigenvalue weighted by molar-refractivity contribution is 5.95. The van der Waals surface area contributed by atoms with Crippen LogP contribution in [0.4, 0.5) is 11.4 Å². The number of benzene rings is 2. The van der Waals surface area contributed by atoms with Crippen LogP contribution in [0.25, 0.3) is 11.1 Å². The van der Waals surface area contributed by atoms with Gasteiger partial charge >= 0.3 is 0 Å². The molecule has 1 heterocycles. The van der Waals surface area contributed by atoms with Gasteiger partial charge in [0.15, 0.2) is 0 Å². The lowest BCUT2D eigenvalue weighted by molar-refractivity contribution is -0.114. The number of likely N-dealkylation sites (N-methyl/N-ethyl adjacent to an activating group) is 1. The SMILES string of the molecule is COc1cccc(NCC(=O)Nc2ccc(-c3cn[nH]c3)cc2OCCN(C)C)c1. The van der Waals surface area contributed by atoms with Crippen LogP contribution < -0.4 is 20.1 Å². The number of anilines is 2. The normalized spacial score (nSPS) is 10.7. The average molecular weight is 409 g/mol. The van der Waals surface area contributed by atoms with E-state index < -0.39 is 0 Å². The highest BCUT2D eigenvalue weighted by Crippen LogP contribution is 2.30. The molecule has 0 saturated heterocycles. The number of hydrogen-bond donors (Lipinski definition) is 3. The number of ether oxygens (including phenoxy) is 2. The molecular weight excluding hydrogens is 382 g/mol. The van der Waals surface area contributed by atoms with Crippen molar-refractivity contribution in [1.82, 2.24) is 15.1 Å². The van der Waals surface area contributed by atoms with E-state index in [1.54, 1.807) is 13.3 Å². The van der Waals surface area contributed by atoms with Crippen LogP contribution >= 0.6 is 0 Å². The third kappa shape index (κ3) is 5.99. The molecule has 0 radical (unpaired) electrons. The molecule has 0 spiro atoms. The number of aromatic nitrogens is 2. The fourth-order valence-corrected chi connectivity index (χ4v) is 2.78. The quantitative estimate of drug-likeness (QED) is 0.477. The van der Waals surface area contributed by atoms with Crippen molar-refractivity contribution in [1.29, 1.82) is 0 Å². The summed E-state index contributed by atoms with van der Waals surface area (Å²) in [5, 5.41) is 12.8. The Kier molecular flexibility index (Phi) is 7.29. The monoisotopic (exact) mass is 409 g/mol. The van der Waals surface area contributed by atoms with Gasteiger partial charge in [-0.3, -0.25) is 9.89 Å². The van der Waals surface area contributed by atoms with E-state index in [1.807, 2.05) is 67.7 Å². The van der Waals surface area contributed by atoms with Gasteiger partial charge in [0.2, 0.25) is 5.91 Å². The smallest absolute Gasteiger partial charge is 0.243 e. The Labute approximate surface area is 176 Å². The zero-order chi connectivity index (χ0) is 21.3. The molecule has 0 unspecified atom stereocenters. The molecule has 0 aliphatic heterocycles. The van der Waals surface area contributed by atoms with Crippen molar-refractivity contribution in [2.45, 2.75) is 0 Å². The molecule has 8 nitrogen and oxygen atoms in total. The number of nitrogens with zero attached hydrogens (tertiary/aromatic N) is 2. The van der Waals surface area contributed by atoms with E-state index in [0.29, 0.717) is 18.0 Å². The van der Waals surface area contributed by atoms with E-state index in [1.165, 1.54) is 0 Å². The van der Waals surface area contributed by atoms with E-state index in [2.05, 4.69) is 20.8 Å². The summed E-state index contributed by atoms with van der Waals surface area (Å²) in [5.41, 5.74) is 3.34. The number of methoxy groups -OCH3 is 1. The van der Waals surface area contributed by atoms with Gasteiger partial charge in [0.25, 0.3) is 0 Å². The van der Waals surface area contributed by atoms with Crippen LogP contribution in [0.15, 0.2) is 54.9 Å². The fraction of sp³-hybridized carbons (Fsp3) is 0.273. The Bertz CT molecular complexity index is 957. The van der Waals surface area contributed by atoms with Crippen molar-refractivity contribution in [2.75, 3.05) is 51.5 Å². The van der Waals surface area contributed by atoms with Gasteiger partial charge in [-0.15, -0.1) is 0 Å². The van der Waals surface area contributed by atoms with Crippen molar-refractivity contribution in [3.05, 3.63) is 54.9 Å². The largest absolute Gasteiger partial charge is 0.497 e. The van der Waals surface area contributed by atoms with Gasteiger partial charge in [-0.05, 0) is 43.9 Å². The number of aromatic amines is 1. The van der Waals surface area contributed by atoms with Gasteiger partial charge in [0, 0.05) is 30.1 Å². The third-order valence-electron chi connectivity index (χ3n) is 4.41. The number of nitrogens with one attached hydrogen (secondary N) is 3. The molecule has 2 aromatic carbocycles. The summed E-state index contributed by atoms with van der Waals surface area (Å²) >= 11 is 0. The second-order valence-corrected chi connectivity index (χ2v) is 6.98. The average Bonchev–Trinajstić information content (AvgIpc) is 3.28. The van der Waals surface area contributed by atoms with Gasteiger partial charge in [0.05, 0.1) is 25.5 Å². The molecule has 0 aliphatic carbocycles. The molecule has 0 saturated carbocycles. The molecule has 3 rings (SSSR count). The van der Waals surface area contributed by atoms with Crippen molar-refractivity contribution in [3.8, 4) is 22.6 Å². The van der Waals surface area contributed by atoms with E-state index >= 15 is 0 Å².